The zero-order chi connectivity index (χ0) is 18.3. The van der Waals surface area contributed by atoms with Crippen molar-refractivity contribution in [3.05, 3.63) is 0 Å². The molecule has 0 aromatic heterocycles. The van der Waals surface area contributed by atoms with E-state index in [0.717, 1.165) is 5.32 Å². The zero-order valence-corrected chi connectivity index (χ0v) is 11.7. The molecule has 0 fully saturated rings. The van der Waals surface area contributed by atoms with Gasteiger partial charge < -0.3 is 14.8 Å². The van der Waals surface area contributed by atoms with E-state index in [2.05, 4.69) is 9.47 Å². The normalized spacial score (nSPS) is 13.2. The molecule has 134 valence electrons. The van der Waals surface area contributed by atoms with Gasteiger partial charge in [0.1, 0.15) is 6.61 Å². The van der Waals surface area contributed by atoms with Crippen LogP contribution in [0.2, 0.25) is 0 Å². The Hall–Kier alpha value is -2.01. The Labute approximate surface area is 126 Å². The van der Waals surface area contributed by atoms with Gasteiger partial charge in [-0.1, -0.05) is 13.3 Å². The largest absolute Gasteiger partial charge is 0.490 e. The molecule has 0 heterocycles. The molecule has 0 radical (unpaired) electrons. The van der Waals surface area contributed by atoms with E-state index in [4.69, 9.17) is 0 Å². The van der Waals surface area contributed by atoms with Crippen LogP contribution in [0, 0.1) is 0 Å². The number of unbranched alkanes of at least 4 members (excludes halogenated alkanes) is 1. The number of hydrogen-bond donors (Lipinski definition) is 1. The molecule has 1 amide bonds. The number of hydrogen-bond acceptors (Lipinski definition) is 5. The molecule has 0 saturated carbocycles. The van der Waals surface area contributed by atoms with Crippen molar-refractivity contribution in [1.82, 2.24) is 5.32 Å². The van der Waals surface area contributed by atoms with Crippen molar-refractivity contribution < 1.29 is 50.2 Å². The molecule has 23 heavy (non-hydrogen) atoms. The molecule has 1 unspecified atom stereocenters. The van der Waals surface area contributed by atoms with Crippen LogP contribution in [0.25, 0.3) is 0 Å². The van der Waals surface area contributed by atoms with Crippen molar-refractivity contribution in [2.24, 2.45) is 0 Å². The van der Waals surface area contributed by atoms with Crippen LogP contribution < -0.4 is 5.32 Å². The Bertz CT molecular complexity index is 434. The first-order chi connectivity index (χ1) is 10.4. The van der Waals surface area contributed by atoms with Crippen molar-refractivity contribution in [2.75, 3.05) is 13.2 Å². The molecule has 1 N–H and O–H groups in total. The van der Waals surface area contributed by atoms with E-state index in [1.54, 1.807) is 6.92 Å². The number of carbonyl (C=O) groups is 3. The van der Waals surface area contributed by atoms with Crippen LogP contribution in [-0.4, -0.2) is 49.5 Å². The summed E-state index contributed by atoms with van der Waals surface area (Å²) in [5.74, 6) is -6.76. The molecular weight excluding hydrogens is 340 g/mol. The number of ether oxygens (including phenoxy) is 2. The van der Waals surface area contributed by atoms with E-state index >= 15 is 0 Å². The lowest BCUT2D eigenvalue weighted by Gasteiger charge is -2.18. The Morgan fingerprint density at radius 3 is 2.00 bits per heavy atom. The average Bonchev–Trinajstić information content (AvgIpc) is 2.40. The van der Waals surface area contributed by atoms with Crippen LogP contribution in [0.3, 0.4) is 0 Å². The summed E-state index contributed by atoms with van der Waals surface area (Å²) < 4.78 is 80.3. The SMILES string of the molecule is CCCCOC(=O)C(COC(=O)C(F)(F)F)NC(=O)C(F)(F)F. The van der Waals surface area contributed by atoms with Crippen LogP contribution in [-0.2, 0) is 23.9 Å². The minimum Gasteiger partial charge on any atom is -0.464 e. The molecule has 0 aromatic rings. The van der Waals surface area contributed by atoms with Crippen LogP contribution in [0.4, 0.5) is 26.3 Å². The van der Waals surface area contributed by atoms with E-state index in [1.165, 1.54) is 0 Å². The summed E-state index contributed by atoms with van der Waals surface area (Å²) in [7, 11) is 0. The van der Waals surface area contributed by atoms with Gasteiger partial charge >= 0.3 is 30.2 Å². The first-order valence-electron chi connectivity index (χ1n) is 6.17. The highest BCUT2D eigenvalue weighted by Gasteiger charge is 2.44. The predicted molar refractivity (Wildman–Crippen MR) is 60.9 cm³/mol. The van der Waals surface area contributed by atoms with Gasteiger partial charge in [0.25, 0.3) is 0 Å². The van der Waals surface area contributed by atoms with Gasteiger partial charge in [0, 0.05) is 0 Å². The lowest BCUT2D eigenvalue weighted by Crippen LogP contribution is -2.50. The molecule has 0 aliphatic heterocycles. The quantitative estimate of drug-likeness (QED) is 0.426. The van der Waals surface area contributed by atoms with Crippen molar-refractivity contribution >= 4 is 17.8 Å². The fourth-order valence-electron chi connectivity index (χ4n) is 1.07. The van der Waals surface area contributed by atoms with Gasteiger partial charge in [-0.3, -0.25) is 4.79 Å². The van der Waals surface area contributed by atoms with Gasteiger partial charge in [-0.05, 0) is 6.42 Å². The Kier molecular flexibility index (Phi) is 7.83. The average molecular weight is 353 g/mol. The summed E-state index contributed by atoms with van der Waals surface area (Å²) in [5, 5.41) is 1.11. The maximum atomic E-state index is 12.1. The lowest BCUT2D eigenvalue weighted by atomic mass is 10.3. The third kappa shape index (κ3) is 8.26. The summed E-state index contributed by atoms with van der Waals surface area (Å²) in [6.07, 6.45) is -9.87. The second-order valence-electron chi connectivity index (χ2n) is 4.14. The van der Waals surface area contributed by atoms with Gasteiger partial charge in [-0.2, -0.15) is 26.3 Å². The standard InChI is InChI=1S/C11H13F6NO5/c1-2-3-4-22-7(19)6(18-8(20)10(12,13)14)5-23-9(21)11(15,16)17/h6H,2-5H2,1H3,(H,18,20). The molecule has 6 nitrogen and oxygen atoms in total. The lowest BCUT2D eigenvalue weighted by molar-refractivity contribution is -0.201. The fourth-order valence-corrected chi connectivity index (χ4v) is 1.07. The summed E-state index contributed by atoms with van der Waals surface area (Å²) >= 11 is 0. The van der Waals surface area contributed by atoms with Crippen molar-refractivity contribution in [3.8, 4) is 0 Å². The number of rotatable bonds is 7. The maximum absolute atomic E-state index is 12.1. The molecule has 0 aliphatic rings. The topological polar surface area (TPSA) is 81.7 Å². The fraction of sp³-hybridized carbons (Fsp3) is 0.727. The summed E-state index contributed by atoms with van der Waals surface area (Å²) in [5.41, 5.74) is 0. The number of alkyl halides is 6. The van der Waals surface area contributed by atoms with Crippen molar-refractivity contribution in [3.63, 3.8) is 0 Å². The van der Waals surface area contributed by atoms with E-state index in [0.29, 0.717) is 12.8 Å². The Balaban J connectivity index is 4.83. The van der Waals surface area contributed by atoms with Crippen molar-refractivity contribution in [1.29, 1.82) is 0 Å². The summed E-state index contributed by atoms with van der Waals surface area (Å²) in [4.78, 5) is 32.7. The number of amides is 1. The molecule has 0 aliphatic carbocycles. The van der Waals surface area contributed by atoms with Gasteiger partial charge in [0.05, 0.1) is 6.61 Å². The minimum absolute atomic E-state index is 0.221. The first kappa shape index (κ1) is 21.0. The van der Waals surface area contributed by atoms with Gasteiger partial charge in [0.15, 0.2) is 6.04 Å². The highest BCUT2D eigenvalue weighted by atomic mass is 19.4. The number of esters is 2. The van der Waals surface area contributed by atoms with Gasteiger partial charge in [-0.25, -0.2) is 9.59 Å². The van der Waals surface area contributed by atoms with E-state index in [1.807, 2.05) is 0 Å². The van der Waals surface area contributed by atoms with Crippen molar-refractivity contribution in [2.45, 2.75) is 38.2 Å². The molecule has 1 atom stereocenters. The van der Waals surface area contributed by atoms with Gasteiger partial charge in [-0.15, -0.1) is 0 Å². The third-order valence-corrected chi connectivity index (χ3v) is 2.20. The van der Waals surface area contributed by atoms with Crippen LogP contribution in [0.5, 0.6) is 0 Å². The monoisotopic (exact) mass is 353 g/mol. The highest BCUT2D eigenvalue weighted by Crippen LogP contribution is 2.17. The molecule has 12 heteroatoms. The molecular formula is C11H13F6NO5. The molecule has 0 spiro atoms. The number of halogens is 6. The smallest absolute Gasteiger partial charge is 0.464 e. The van der Waals surface area contributed by atoms with E-state index in [-0.39, 0.29) is 6.61 Å². The molecule has 0 rings (SSSR count). The van der Waals surface area contributed by atoms with E-state index in [9.17, 15) is 40.7 Å². The Morgan fingerprint density at radius 2 is 1.57 bits per heavy atom. The highest BCUT2D eigenvalue weighted by molar-refractivity contribution is 5.88. The number of nitrogens with one attached hydrogen (secondary N) is 1. The first-order valence-corrected chi connectivity index (χ1v) is 6.17. The third-order valence-electron chi connectivity index (χ3n) is 2.20. The summed E-state index contributed by atoms with van der Waals surface area (Å²) in [6.45, 7) is 0.0356. The van der Waals surface area contributed by atoms with Crippen LogP contribution in [0.1, 0.15) is 19.8 Å². The maximum Gasteiger partial charge on any atom is 0.490 e. The predicted octanol–water partition coefficient (Wildman–Crippen LogP) is 1.48. The number of carbonyl (C=O) groups excluding carboxylic acids is 3. The second-order valence-corrected chi connectivity index (χ2v) is 4.14. The Morgan fingerprint density at radius 1 is 1.00 bits per heavy atom. The van der Waals surface area contributed by atoms with Crippen LogP contribution in [0.15, 0.2) is 0 Å². The molecule has 0 bridgehead atoms. The molecule has 0 saturated heterocycles. The zero-order valence-electron chi connectivity index (χ0n) is 11.7. The van der Waals surface area contributed by atoms with Gasteiger partial charge in [0.2, 0.25) is 0 Å². The van der Waals surface area contributed by atoms with E-state index < -0.39 is 42.8 Å². The van der Waals surface area contributed by atoms with Crippen LogP contribution >= 0.6 is 0 Å². The minimum atomic E-state index is -5.40. The second kappa shape index (κ2) is 8.58. The molecule has 0 aromatic carbocycles. The summed E-state index contributed by atoms with van der Waals surface area (Å²) in [6, 6.07) is -2.22.